The molecule has 1 amide bonds. The maximum absolute atomic E-state index is 15.8. The summed E-state index contributed by atoms with van der Waals surface area (Å²) in [6, 6.07) is 7.50. The summed E-state index contributed by atoms with van der Waals surface area (Å²) < 4.78 is 28.6. The number of hydrogen-bond acceptors (Lipinski definition) is 10. The number of carbonyl (C=O) groups is 4. The molecule has 1 spiro atoms. The fourth-order valence-corrected chi connectivity index (χ4v) is 12.2. The first-order valence-electron chi connectivity index (χ1n) is 22.0. The molecule has 7 unspecified atom stereocenters. The van der Waals surface area contributed by atoms with Gasteiger partial charge in [-0.15, -0.1) is 0 Å². The van der Waals surface area contributed by atoms with Gasteiger partial charge in [-0.25, -0.2) is 0 Å². The third kappa shape index (κ3) is 5.46. The fourth-order valence-electron chi connectivity index (χ4n) is 12.2. The topological polar surface area (TPSA) is 150 Å². The molecule has 11 heteroatoms. The molecule has 322 valence electrons. The highest BCUT2D eigenvalue weighted by atomic mass is 16.6. The summed E-state index contributed by atoms with van der Waals surface area (Å²) in [5.41, 5.74) is 3.86. The Morgan fingerprint density at radius 3 is 2.39 bits per heavy atom. The van der Waals surface area contributed by atoms with Crippen molar-refractivity contribution in [3.63, 3.8) is 0 Å². The van der Waals surface area contributed by atoms with Crippen molar-refractivity contribution in [2.24, 2.45) is 28.7 Å². The van der Waals surface area contributed by atoms with E-state index in [4.69, 9.17) is 23.9 Å². The standard InChI is InChI=1S/C51H54N2O9/c1-25(2)12-11-18-49(8)24-28-22-34(55)59-45-35(28)43(60-49)31(16-15-26(3)4)44-38(45)41-39-36(37-40(53-41)29-13-9-10-14-30(29)42(37)56)32-23-33-48(6,7)62-50(46(32)57,51(33,39)61-44)19-17-27(5)47(58)52-20-21-54/h9-10,12-15,17,24,32-33,36-37,54H,11,16,18-23H2,1-8H3,(H,52,58). The second kappa shape index (κ2) is 13.8. The molecule has 9 aliphatic rings. The number of allylic oxidation sites excluding steroid dienone is 4. The van der Waals surface area contributed by atoms with E-state index in [1.807, 2.05) is 52.0 Å². The van der Waals surface area contributed by atoms with E-state index in [0.717, 1.165) is 34.3 Å². The Labute approximate surface area is 362 Å². The Kier molecular flexibility index (Phi) is 9.05. The molecule has 11 rings (SSSR count). The van der Waals surface area contributed by atoms with Crippen molar-refractivity contribution < 1.29 is 43.2 Å². The first-order valence-corrected chi connectivity index (χ1v) is 22.0. The minimum atomic E-state index is -1.62. The predicted octanol–water partition coefficient (Wildman–Crippen LogP) is 7.77. The molecule has 3 saturated carbocycles. The third-order valence-corrected chi connectivity index (χ3v) is 14.7. The van der Waals surface area contributed by atoms with Crippen LogP contribution in [0, 0.1) is 23.7 Å². The van der Waals surface area contributed by atoms with E-state index in [1.54, 1.807) is 13.0 Å². The zero-order valence-electron chi connectivity index (χ0n) is 36.7. The lowest BCUT2D eigenvalue weighted by Gasteiger charge is -2.62. The number of fused-ring (bicyclic) bond motifs is 6. The number of aliphatic hydroxyl groups is 1. The first kappa shape index (κ1) is 40.7. The highest BCUT2D eigenvalue weighted by Crippen LogP contribution is 2.75. The third-order valence-electron chi connectivity index (χ3n) is 14.7. The molecule has 5 aliphatic heterocycles. The lowest BCUT2D eigenvalue weighted by Crippen LogP contribution is -2.75. The Morgan fingerprint density at radius 2 is 1.66 bits per heavy atom. The number of esters is 1. The van der Waals surface area contributed by atoms with Crippen molar-refractivity contribution in [2.45, 2.75) is 116 Å². The zero-order chi connectivity index (χ0) is 43.8. The van der Waals surface area contributed by atoms with E-state index < -0.39 is 46.1 Å². The summed E-state index contributed by atoms with van der Waals surface area (Å²) in [6.45, 7) is 15.8. The van der Waals surface area contributed by atoms with Crippen LogP contribution < -0.4 is 19.5 Å². The number of rotatable bonds is 10. The van der Waals surface area contributed by atoms with E-state index in [2.05, 4.69) is 44.3 Å². The monoisotopic (exact) mass is 838 g/mol. The minimum absolute atomic E-state index is 0.0107. The van der Waals surface area contributed by atoms with Crippen molar-refractivity contribution in [1.29, 1.82) is 0 Å². The molecule has 5 heterocycles. The Hall–Kier alpha value is -5.39. The van der Waals surface area contributed by atoms with Gasteiger partial charge in [-0.1, -0.05) is 53.6 Å². The summed E-state index contributed by atoms with van der Waals surface area (Å²) in [5, 5.41) is 12.2. The summed E-state index contributed by atoms with van der Waals surface area (Å²) in [6.07, 6.45) is 10.5. The number of Topliss-reactive ketones (excluding diaryl/α,β-unsaturated/α-hetero) is 2. The molecule has 62 heavy (non-hydrogen) atoms. The maximum atomic E-state index is 15.8. The number of nitrogens with one attached hydrogen (secondary N) is 1. The van der Waals surface area contributed by atoms with Crippen LogP contribution in [0.5, 0.6) is 17.2 Å². The largest absolute Gasteiger partial charge is 0.482 e. The number of nitrogens with zero attached hydrogens (tertiary/aromatic N) is 1. The second-order valence-electron chi connectivity index (χ2n) is 19.6. The summed E-state index contributed by atoms with van der Waals surface area (Å²) in [5.74, 6) is -2.05. The molecular formula is C51H54N2O9. The van der Waals surface area contributed by atoms with Crippen LogP contribution in [0.15, 0.2) is 75.9 Å². The van der Waals surface area contributed by atoms with Crippen molar-refractivity contribution in [1.82, 2.24) is 5.32 Å². The second-order valence-corrected chi connectivity index (χ2v) is 19.6. The average Bonchev–Trinajstić information content (AvgIpc) is 3.57. The SMILES string of the molecule is CC(C)=CCCC1(C)C=C2CC(=O)Oc3c2c(c(CC=C(C)C)c2c3C3=C4C(C5CC6C(C)(C)OC(CC=C(C)C(=O)NCCO)(C5=O)C46O2)C2C(=O)c4ccccc4C2=N3)O1. The first-order chi connectivity index (χ1) is 29.5. The van der Waals surface area contributed by atoms with Gasteiger partial charge in [-0.2, -0.15) is 0 Å². The lowest BCUT2D eigenvalue weighted by atomic mass is 9.43. The molecule has 2 aromatic carbocycles. The van der Waals surface area contributed by atoms with Gasteiger partial charge in [0.15, 0.2) is 28.5 Å². The summed E-state index contributed by atoms with van der Waals surface area (Å²) in [4.78, 5) is 63.2. The number of ether oxygens (including phenoxy) is 4. The van der Waals surface area contributed by atoms with Crippen molar-refractivity contribution in [3.05, 3.63) is 98.7 Å². The normalized spacial score (nSPS) is 31.0. The van der Waals surface area contributed by atoms with Crippen LogP contribution in [0.25, 0.3) is 11.3 Å². The molecule has 2 N–H and O–H groups in total. The van der Waals surface area contributed by atoms with Crippen LogP contribution in [0.3, 0.4) is 0 Å². The number of ketones is 2. The maximum Gasteiger partial charge on any atom is 0.315 e. The molecule has 11 nitrogen and oxygen atoms in total. The van der Waals surface area contributed by atoms with Gasteiger partial charge in [0.25, 0.3) is 0 Å². The number of aliphatic imine (C=N–C) groups is 1. The van der Waals surface area contributed by atoms with Gasteiger partial charge in [-0.05, 0) is 92.7 Å². The highest BCUT2D eigenvalue weighted by molar-refractivity contribution is 6.31. The molecule has 4 bridgehead atoms. The number of benzene rings is 2. The smallest absolute Gasteiger partial charge is 0.315 e. The van der Waals surface area contributed by atoms with Gasteiger partial charge in [0.05, 0.1) is 47.1 Å². The Morgan fingerprint density at radius 1 is 0.935 bits per heavy atom. The van der Waals surface area contributed by atoms with Crippen LogP contribution in [0.1, 0.15) is 120 Å². The van der Waals surface area contributed by atoms with E-state index in [1.165, 1.54) is 5.57 Å². The van der Waals surface area contributed by atoms with Gasteiger partial charge in [-0.3, -0.25) is 24.2 Å². The quantitative estimate of drug-likeness (QED) is 0.106. The van der Waals surface area contributed by atoms with E-state index in [-0.39, 0.29) is 49.4 Å². The molecule has 4 aliphatic carbocycles. The molecule has 0 radical (unpaired) electrons. The van der Waals surface area contributed by atoms with Crippen LogP contribution in [-0.4, -0.2) is 69.8 Å². The van der Waals surface area contributed by atoms with Crippen LogP contribution >= 0.6 is 0 Å². The van der Waals surface area contributed by atoms with Gasteiger partial charge in [0.1, 0.15) is 17.1 Å². The van der Waals surface area contributed by atoms with Crippen LogP contribution in [0.2, 0.25) is 0 Å². The molecule has 4 fully saturated rings. The van der Waals surface area contributed by atoms with Crippen molar-refractivity contribution in [2.75, 3.05) is 13.2 Å². The Bertz CT molecular complexity index is 2630. The zero-order valence-corrected chi connectivity index (χ0v) is 36.7. The van der Waals surface area contributed by atoms with E-state index in [0.29, 0.717) is 70.2 Å². The predicted molar refractivity (Wildman–Crippen MR) is 233 cm³/mol. The Balaban J connectivity index is 1.29. The summed E-state index contributed by atoms with van der Waals surface area (Å²) >= 11 is 0. The van der Waals surface area contributed by atoms with Crippen LogP contribution in [0.4, 0.5) is 0 Å². The van der Waals surface area contributed by atoms with Crippen molar-refractivity contribution >= 4 is 40.4 Å². The molecular weight excluding hydrogens is 785 g/mol. The minimum Gasteiger partial charge on any atom is -0.482 e. The molecule has 2 aromatic rings. The average molecular weight is 839 g/mol. The van der Waals surface area contributed by atoms with Crippen LogP contribution in [-0.2, 0) is 25.5 Å². The van der Waals surface area contributed by atoms with Crippen molar-refractivity contribution in [3.8, 4) is 17.2 Å². The van der Waals surface area contributed by atoms with E-state index in [9.17, 15) is 19.5 Å². The molecule has 1 saturated heterocycles. The number of hydrogen-bond donors (Lipinski definition) is 2. The number of amides is 1. The van der Waals surface area contributed by atoms with Gasteiger partial charge in [0.2, 0.25) is 5.91 Å². The molecule has 7 atom stereocenters. The lowest BCUT2D eigenvalue weighted by molar-refractivity contribution is -0.182. The number of carbonyl (C=O) groups excluding carboxylic acids is 4. The van der Waals surface area contributed by atoms with Gasteiger partial charge in [0, 0.05) is 58.6 Å². The summed E-state index contributed by atoms with van der Waals surface area (Å²) in [7, 11) is 0. The molecule has 0 aromatic heterocycles. The van der Waals surface area contributed by atoms with Gasteiger partial charge < -0.3 is 29.4 Å². The van der Waals surface area contributed by atoms with E-state index >= 15 is 4.79 Å². The highest BCUT2D eigenvalue weighted by Gasteiger charge is 2.84. The fraction of sp³-hybridized carbons (Fsp3) is 0.471. The van der Waals surface area contributed by atoms with Gasteiger partial charge >= 0.3 is 5.97 Å². The number of aliphatic hydroxyl groups excluding tert-OH is 1.